The molecule has 1 rings (SSSR count). The summed E-state index contributed by atoms with van der Waals surface area (Å²) >= 11 is 0. The van der Waals surface area contributed by atoms with Gasteiger partial charge in [0.2, 0.25) is 0 Å². The lowest BCUT2D eigenvalue weighted by Crippen LogP contribution is -2.32. The highest BCUT2D eigenvalue weighted by molar-refractivity contribution is 5.96. The van der Waals surface area contributed by atoms with Crippen LogP contribution in [0.15, 0.2) is 30.3 Å². The predicted molar refractivity (Wildman–Crippen MR) is 76.9 cm³/mol. The maximum absolute atomic E-state index is 12.0. The molecule has 100 valence electrons. The van der Waals surface area contributed by atoms with Crippen molar-refractivity contribution in [3.8, 4) is 0 Å². The van der Waals surface area contributed by atoms with Crippen molar-refractivity contribution in [2.75, 3.05) is 13.6 Å². The molecule has 0 heterocycles. The van der Waals surface area contributed by atoms with Gasteiger partial charge in [-0.15, -0.1) is 0 Å². The average Bonchev–Trinajstić information content (AvgIpc) is 2.35. The van der Waals surface area contributed by atoms with Crippen LogP contribution >= 0.6 is 0 Å². The van der Waals surface area contributed by atoms with Gasteiger partial charge in [0.05, 0.1) is 0 Å². The average molecular weight is 247 g/mol. The zero-order valence-corrected chi connectivity index (χ0v) is 12.0. The molecule has 0 aliphatic heterocycles. The lowest BCUT2D eigenvalue weighted by molar-refractivity contribution is 0.0959. The van der Waals surface area contributed by atoms with Gasteiger partial charge in [0.1, 0.15) is 0 Å². The fourth-order valence-corrected chi connectivity index (χ4v) is 2.13. The fourth-order valence-electron chi connectivity index (χ4n) is 2.13. The highest BCUT2D eigenvalue weighted by atomic mass is 16.1. The summed E-state index contributed by atoms with van der Waals surface area (Å²) in [5.74, 6) is 0.937. The monoisotopic (exact) mass is 247 g/mol. The standard InChI is InChI=1S/C16H25NO/c1-13(2)12-14(3)17(4)11-10-16(18)15-8-6-5-7-9-15/h5-9,13-14H,10-12H2,1-4H3. The third-order valence-corrected chi connectivity index (χ3v) is 3.35. The molecule has 0 amide bonds. The second kappa shape index (κ2) is 7.32. The summed E-state index contributed by atoms with van der Waals surface area (Å²) in [4.78, 5) is 14.2. The Morgan fingerprint density at radius 2 is 1.78 bits per heavy atom. The third kappa shape index (κ3) is 5.01. The van der Waals surface area contributed by atoms with E-state index in [1.807, 2.05) is 30.3 Å². The minimum Gasteiger partial charge on any atom is -0.303 e. The summed E-state index contributed by atoms with van der Waals surface area (Å²) in [7, 11) is 2.10. The molecule has 2 heteroatoms. The molecule has 0 N–H and O–H groups in total. The number of rotatable bonds is 7. The smallest absolute Gasteiger partial charge is 0.164 e. The Morgan fingerprint density at radius 3 is 2.33 bits per heavy atom. The van der Waals surface area contributed by atoms with E-state index in [0.717, 1.165) is 12.1 Å². The lowest BCUT2D eigenvalue weighted by atomic mass is 10.0. The van der Waals surface area contributed by atoms with Crippen LogP contribution in [0.3, 0.4) is 0 Å². The van der Waals surface area contributed by atoms with E-state index in [-0.39, 0.29) is 5.78 Å². The van der Waals surface area contributed by atoms with E-state index in [9.17, 15) is 4.79 Å². The summed E-state index contributed by atoms with van der Waals surface area (Å²) < 4.78 is 0. The molecular formula is C16H25NO. The van der Waals surface area contributed by atoms with Crippen LogP contribution in [-0.4, -0.2) is 30.3 Å². The van der Waals surface area contributed by atoms with Crippen molar-refractivity contribution >= 4 is 5.78 Å². The Morgan fingerprint density at radius 1 is 1.17 bits per heavy atom. The zero-order chi connectivity index (χ0) is 13.5. The van der Waals surface area contributed by atoms with Gasteiger partial charge in [-0.3, -0.25) is 4.79 Å². The van der Waals surface area contributed by atoms with Crippen LogP contribution in [0.1, 0.15) is 44.0 Å². The van der Waals surface area contributed by atoms with Crippen LogP contribution in [0, 0.1) is 5.92 Å². The van der Waals surface area contributed by atoms with Crippen molar-refractivity contribution in [2.45, 2.75) is 39.7 Å². The van der Waals surface area contributed by atoms with E-state index < -0.39 is 0 Å². The first-order valence-electron chi connectivity index (χ1n) is 6.79. The van der Waals surface area contributed by atoms with Gasteiger partial charge in [-0.25, -0.2) is 0 Å². The first-order chi connectivity index (χ1) is 8.50. The maximum Gasteiger partial charge on any atom is 0.164 e. The minimum atomic E-state index is 0.235. The molecule has 0 saturated heterocycles. The van der Waals surface area contributed by atoms with E-state index in [2.05, 4.69) is 32.7 Å². The second-order valence-electron chi connectivity index (χ2n) is 5.50. The Balaban J connectivity index is 2.39. The molecule has 18 heavy (non-hydrogen) atoms. The molecule has 1 atom stereocenters. The highest BCUT2D eigenvalue weighted by Gasteiger charge is 2.13. The molecular weight excluding hydrogens is 222 g/mol. The summed E-state index contributed by atoms with van der Waals surface area (Å²) in [6.45, 7) is 7.54. The molecule has 0 radical (unpaired) electrons. The number of Topliss-reactive ketones (excluding diaryl/α,β-unsaturated/α-hetero) is 1. The molecule has 0 aliphatic carbocycles. The Kier molecular flexibility index (Phi) is 6.06. The van der Waals surface area contributed by atoms with Crippen molar-refractivity contribution in [1.82, 2.24) is 4.90 Å². The highest BCUT2D eigenvalue weighted by Crippen LogP contribution is 2.11. The molecule has 1 aromatic carbocycles. The second-order valence-corrected chi connectivity index (χ2v) is 5.50. The number of nitrogens with zero attached hydrogens (tertiary/aromatic N) is 1. The lowest BCUT2D eigenvalue weighted by Gasteiger charge is -2.25. The van der Waals surface area contributed by atoms with Crippen LogP contribution in [0.2, 0.25) is 0 Å². The number of hydrogen-bond acceptors (Lipinski definition) is 2. The first-order valence-corrected chi connectivity index (χ1v) is 6.79. The molecule has 1 unspecified atom stereocenters. The molecule has 2 nitrogen and oxygen atoms in total. The summed E-state index contributed by atoms with van der Waals surface area (Å²) in [5, 5.41) is 0. The van der Waals surface area contributed by atoms with Crippen LogP contribution in [-0.2, 0) is 0 Å². The van der Waals surface area contributed by atoms with Gasteiger partial charge in [-0.1, -0.05) is 44.2 Å². The van der Waals surface area contributed by atoms with Gasteiger partial charge in [0, 0.05) is 24.6 Å². The third-order valence-electron chi connectivity index (χ3n) is 3.35. The van der Waals surface area contributed by atoms with Crippen molar-refractivity contribution in [3.05, 3.63) is 35.9 Å². The predicted octanol–water partition coefficient (Wildman–Crippen LogP) is 3.63. The zero-order valence-electron chi connectivity index (χ0n) is 12.0. The molecule has 0 aliphatic rings. The Bertz CT molecular complexity index is 359. The summed E-state index contributed by atoms with van der Waals surface area (Å²) in [6.07, 6.45) is 1.78. The molecule has 0 spiro atoms. The van der Waals surface area contributed by atoms with Gasteiger partial charge in [0.25, 0.3) is 0 Å². The number of carbonyl (C=O) groups is 1. The maximum atomic E-state index is 12.0. The SMILES string of the molecule is CC(C)CC(C)N(C)CCC(=O)c1ccccc1. The quantitative estimate of drug-likeness (QED) is 0.686. The number of hydrogen-bond donors (Lipinski definition) is 0. The van der Waals surface area contributed by atoms with E-state index in [1.54, 1.807) is 0 Å². The molecule has 0 aromatic heterocycles. The van der Waals surface area contributed by atoms with Crippen molar-refractivity contribution in [3.63, 3.8) is 0 Å². The van der Waals surface area contributed by atoms with Gasteiger partial charge in [-0.05, 0) is 26.3 Å². The van der Waals surface area contributed by atoms with E-state index in [0.29, 0.717) is 18.4 Å². The first kappa shape index (κ1) is 14.9. The van der Waals surface area contributed by atoms with Gasteiger partial charge in [-0.2, -0.15) is 0 Å². The molecule has 0 saturated carbocycles. The van der Waals surface area contributed by atoms with Gasteiger partial charge in [0.15, 0.2) is 5.78 Å². The van der Waals surface area contributed by atoms with E-state index >= 15 is 0 Å². The normalized spacial score (nSPS) is 13.0. The number of ketones is 1. The van der Waals surface area contributed by atoms with E-state index in [1.165, 1.54) is 6.42 Å². The van der Waals surface area contributed by atoms with Gasteiger partial charge < -0.3 is 4.90 Å². The van der Waals surface area contributed by atoms with Crippen LogP contribution < -0.4 is 0 Å². The fraction of sp³-hybridized carbons (Fsp3) is 0.562. The van der Waals surface area contributed by atoms with Crippen molar-refractivity contribution < 1.29 is 4.79 Å². The Labute approximate surface area is 111 Å². The summed E-state index contributed by atoms with van der Waals surface area (Å²) in [6, 6.07) is 10.1. The molecule has 0 fully saturated rings. The minimum absolute atomic E-state index is 0.235. The van der Waals surface area contributed by atoms with Crippen molar-refractivity contribution in [2.24, 2.45) is 5.92 Å². The van der Waals surface area contributed by atoms with Gasteiger partial charge >= 0.3 is 0 Å². The summed E-state index contributed by atoms with van der Waals surface area (Å²) in [5.41, 5.74) is 0.822. The molecule has 0 bridgehead atoms. The largest absolute Gasteiger partial charge is 0.303 e. The van der Waals surface area contributed by atoms with Crippen LogP contribution in [0.25, 0.3) is 0 Å². The van der Waals surface area contributed by atoms with Crippen LogP contribution in [0.5, 0.6) is 0 Å². The topological polar surface area (TPSA) is 20.3 Å². The molecule has 1 aromatic rings. The Hall–Kier alpha value is -1.15. The van der Waals surface area contributed by atoms with Crippen molar-refractivity contribution in [1.29, 1.82) is 0 Å². The van der Waals surface area contributed by atoms with Crippen LogP contribution in [0.4, 0.5) is 0 Å². The number of carbonyl (C=O) groups excluding carboxylic acids is 1. The number of benzene rings is 1. The van der Waals surface area contributed by atoms with E-state index in [4.69, 9.17) is 0 Å².